The molecule has 22 heavy (non-hydrogen) atoms. The van der Waals surface area contributed by atoms with Crippen molar-refractivity contribution in [3.63, 3.8) is 0 Å². The van der Waals surface area contributed by atoms with Crippen molar-refractivity contribution in [1.29, 1.82) is 0 Å². The Balaban J connectivity index is 2.48. The van der Waals surface area contributed by atoms with Crippen LogP contribution in [0.2, 0.25) is 0 Å². The number of piperazine rings is 1. The van der Waals surface area contributed by atoms with Crippen LogP contribution in [0.1, 0.15) is 13.8 Å². The monoisotopic (exact) mass is 328 g/mol. The fourth-order valence-electron chi connectivity index (χ4n) is 2.40. The Hall–Kier alpha value is -1.80. The molecule has 0 aliphatic carbocycles. The number of sulfonamides is 1. The van der Waals surface area contributed by atoms with Crippen LogP contribution in [0, 0.1) is 0 Å². The zero-order valence-corrected chi connectivity index (χ0v) is 13.9. The van der Waals surface area contributed by atoms with Gasteiger partial charge >= 0.3 is 0 Å². The van der Waals surface area contributed by atoms with E-state index in [1.54, 1.807) is 13.8 Å². The molecular formula is C14H20N2O5S. The van der Waals surface area contributed by atoms with Gasteiger partial charge in [-0.05, 0) is 26.0 Å². The first kappa shape index (κ1) is 16.6. The topological polar surface area (TPSA) is 84.9 Å². The third-order valence-corrected chi connectivity index (χ3v) is 5.79. The number of ether oxygens (including phenoxy) is 2. The molecule has 2 rings (SSSR count). The molecule has 0 saturated carbocycles. The second kappa shape index (κ2) is 5.77. The molecule has 1 aromatic carbocycles. The molecule has 8 heteroatoms. The Morgan fingerprint density at radius 3 is 2.41 bits per heavy atom. The molecule has 7 nitrogen and oxygen atoms in total. The van der Waals surface area contributed by atoms with E-state index in [0.717, 1.165) is 0 Å². The van der Waals surface area contributed by atoms with Gasteiger partial charge in [0.15, 0.2) is 11.5 Å². The summed E-state index contributed by atoms with van der Waals surface area (Å²) in [7, 11) is -0.910. The third-order valence-electron chi connectivity index (χ3n) is 3.72. The average molecular weight is 328 g/mol. The number of methoxy groups -OCH3 is 2. The summed E-state index contributed by atoms with van der Waals surface area (Å²) in [5, 5.41) is 2.68. The molecule has 1 aromatic rings. The molecule has 1 fully saturated rings. The lowest BCUT2D eigenvalue weighted by Gasteiger charge is -2.39. The van der Waals surface area contributed by atoms with E-state index in [1.165, 1.54) is 36.7 Å². The number of carbonyl (C=O) groups is 1. The highest BCUT2D eigenvalue weighted by atomic mass is 32.2. The van der Waals surface area contributed by atoms with Crippen LogP contribution in [0.4, 0.5) is 0 Å². The van der Waals surface area contributed by atoms with E-state index in [1.807, 2.05) is 0 Å². The molecular weight excluding hydrogens is 308 g/mol. The van der Waals surface area contributed by atoms with Crippen molar-refractivity contribution in [2.24, 2.45) is 0 Å². The third kappa shape index (κ3) is 2.64. The first-order chi connectivity index (χ1) is 10.2. The highest BCUT2D eigenvalue weighted by molar-refractivity contribution is 7.89. The van der Waals surface area contributed by atoms with Crippen LogP contribution in [-0.2, 0) is 14.8 Å². The summed E-state index contributed by atoms with van der Waals surface area (Å²) in [4.78, 5) is 12.0. The van der Waals surface area contributed by atoms with Crippen LogP contribution in [0.3, 0.4) is 0 Å². The van der Waals surface area contributed by atoms with Crippen LogP contribution < -0.4 is 14.8 Å². The van der Waals surface area contributed by atoms with Crippen molar-refractivity contribution in [3.8, 4) is 11.5 Å². The van der Waals surface area contributed by atoms with Gasteiger partial charge in [-0.2, -0.15) is 4.31 Å². The number of benzene rings is 1. The van der Waals surface area contributed by atoms with Gasteiger partial charge in [-0.1, -0.05) is 0 Å². The minimum atomic E-state index is -3.82. The Bertz CT molecular complexity index is 684. The van der Waals surface area contributed by atoms with Gasteiger partial charge in [-0.3, -0.25) is 4.79 Å². The van der Waals surface area contributed by atoms with E-state index >= 15 is 0 Å². The molecule has 0 radical (unpaired) electrons. The summed E-state index contributed by atoms with van der Waals surface area (Å²) in [6.07, 6.45) is 0. The second-order valence-electron chi connectivity index (χ2n) is 5.41. The quantitative estimate of drug-likeness (QED) is 0.875. The Labute approximate surface area is 130 Å². The molecule has 122 valence electrons. The molecule has 0 unspecified atom stereocenters. The predicted octanol–water partition coefficient (Wildman–Crippen LogP) is 0.603. The molecule has 1 heterocycles. The highest BCUT2D eigenvalue weighted by Crippen LogP contribution is 2.33. The lowest BCUT2D eigenvalue weighted by molar-refractivity contribution is -0.131. The maximum Gasteiger partial charge on any atom is 0.244 e. The zero-order valence-electron chi connectivity index (χ0n) is 13.0. The molecule has 0 aromatic heterocycles. The molecule has 0 bridgehead atoms. The van der Waals surface area contributed by atoms with Crippen molar-refractivity contribution in [1.82, 2.24) is 9.62 Å². The zero-order chi connectivity index (χ0) is 16.5. The maximum absolute atomic E-state index is 12.9. The fourth-order valence-corrected chi connectivity index (χ4v) is 4.17. The van der Waals surface area contributed by atoms with Crippen LogP contribution >= 0.6 is 0 Å². The molecule has 1 saturated heterocycles. The summed E-state index contributed by atoms with van der Waals surface area (Å²) < 4.78 is 37.2. The van der Waals surface area contributed by atoms with Crippen LogP contribution in [0.25, 0.3) is 0 Å². The van der Waals surface area contributed by atoms with Gasteiger partial charge in [-0.25, -0.2) is 8.42 Å². The molecule has 0 atom stereocenters. The van der Waals surface area contributed by atoms with Gasteiger partial charge in [-0.15, -0.1) is 0 Å². The van der Waals surface area contributed by atoms with E-state index in [0.29, 0.717) is 11.5 Å². The van der Waals surface area contributed by atoms with Gasteiger partial charge in [0.25, 0.3) is 0 Å². The molecule has 1 amide bonds. The Kier molecular flexibility index (Phi) is 4.35. The summed E-state index contributed by atoms with van der Waals surface area (Å²) >= 11 is 0. The number of nitrogens with one attached hydrogen (secondary N) is 1. The first-order valence-corrected chi connectivity index (χ1v) is 8.22. The number of rotatable bonds is 4. The van der Waals surface area contributed by atoms with Crippen molar-refractivity contribution < 1.29 is 22.7 Å². The van der Waals surface area contributed by atoms with Crippen molar-refractivity contribution in [2.75, 3.05) is 27.3 Å². The largest absolute Gasteiger partial charge is 0.493 e. The normalized spacial score (nSPS) is 18.6. The summed E-state index contributed by atoms with van der Waals surface area (Å²) in [6, 6.07) is 4.37. The van der Waals surface area contributed by atoms with Crippen LogP contribution in [0.15, 0.2) is 23.1 Å². The molecule has 1 aliphatic heterocycles. The fraction of sp³-hybridized carbons (Fsp3) is 0.500. The number of hydrogen-bond acceptors (Lipinski definition) is 5. The Morgan fingerprint density at radius 1 is 1.18 bits per heavy atom. The lowest BCUT2D eigenvalue weighted by atomic mass is 10.0. The van der Waals surface area contributed by atoms with Gasteiger partial charge in [0.2, 0.25) is 15.9 Å². The number of carbonyl (C=O) groups excluding carboxylic acids is 1. The number of amides is 1. The number of nitrogens with zero attached hydrogens (tertiary/aromatic N) is 1. The highest BCUT2D eigenvalue weighted by Gasteiger charge is 2.45. The SMILES string of the molecule is COc1ccc(S(=O)(=O)N2CCNC(=O)C2(C)C)cc1OC. The van der Waals surface area contributed by atoms with Gasteiger partial charge in [0.05, 0.1) is 19.1 Å². The van der Waals surface area contributed by atoms with Crippen molar-refractivity contribution in [2.45, 2.75) is 24.3 Å². The minimum Gasteiger partial charge on any atom is -0.493 e. The van der Waals surface area contributed by atoms with E-state index in [9.17, 15) is 13.2 Å². The van der Waals surface area contributed by atoms with E-state index in [2.05, 4.69) is 5.32 Å². The standard InChI is InChI=1S/C14H20N2O5S/c1-14(2)13(17)15-7-8-16(14)22(18,19)10-5-6-11(20-3)12(9-10)21-4/h5-6,9H,7-8H2,1-4H3,(H,15,17). The number of hydrogen-bond donors (Lipinski definition) is 1. The maximum atomic E-state index is 12.9. The van der Waals surface area contributed by atoms with Gasteiger partial charge in [0.1, 0.15) is 5.54 Å². The summed E-state index contributed by atoms with van der Waals surface area (Å²) in [6.45, 7) is 3.67. The van der Waals surface area contributed by atoms with E-state index in [4.69, 9.17) is 9.47 Å². The Morgan fingerprint density at radius 2 is 1.82 bits per heavy atom. The second-order valence-corrected chi connectivity index (χ2v) is 7.27. The molecule has 0 spiro atoms. The molecule has 1 N–H and O–H groups in total. The predicted molar refractivity (Wildman–Crippen MR) is 80.5 cm³/mol. The van der Waals surface area contributed by atoms with Crippen molar-refractivity contribution in [3.05, 3.63) is 18.2 Å². The lowest BCUT2D eigenvalue weighted by Crippen LogP contribution is -2.63. The van der Waals surface area contributed by atoms with Crippen LogP contribution in [-0.4, -0.2) is 51.5 Å². The summed E-state index contributed by atoms with van der Waals surface area (Å²) in [5.41, 5.74) is -1.15. The average Bonchev–Trinajstić information content (AvgIpc) is 2.48. The first-order valence-electron chi connectivity index (χ1n) is 6.78. The van der Waals surface area contributed by atoms with Crippen molar-refractivity contribution >= 4 is 15.9 Å². The van der Waals surface area contributed by atoms with E-state index in [-0.39, 0.29) is 23.9 Å². The van der Waals surface area contributed by atoms with Crippen LogP contribution in [0.5, 0.6) is 11.5 Å². The summed E-state index contributed by atoms with van der Waals surface area (Å²) in [5.74, 6) is 0.447. The minimum absolute atomic E-state index is 0.0629. The smallest absolute Gasteiger partial charge is 0.244 e. The van der Waals surface area contributed by atoms with E-state index < -0.39 is 15.6 Å². The molecule has 1 aliphatic rings. The van der Waals surface area contributed by atoms with Gasteiger partial charge < -0.3 is 14.8 Å². The van der Waals surface area contributed by atoms with Gasteiger partial charge in [0, 0.05) is 19.2 Å².